The fourth-order valence-electron chi connectivity index (χ4n) is 7.85. The summed E-state index contributed by atoms with van der Waals surface area (Å²) < 4.78 is 19.5. The number of aliphatic hydroxyl groups is 1. The predicted molar refractivity (Wildman–Crippen MR) is 239 cm³/mol. The van der Waals surface area contributed by atoms with Gasteiger partial charge in [-0.05, 0) is 101 Å². The van der Waals surface area contributed by atoms with Crippen molar-refractivity contribution in [1.29, 1.82) is 0 Å². The number of rotatable bonds is 13. The molecule has 1 fully saturated rings. The summed E-state index contributed by atoms with van der Waals surface area (Å²) in [6, 6.07) is 56.3. The number of anilines is 1. The molecule has 304 valence electrons. The molecule has 2 amide bonds. The van der Waals surface area contributed by atoms with Gasteiger partial charge >= 0.3 is 6.03 Å². The lowest BCUT2D eigenvalue weighted by Crippen LogP contribution is -2.44. The summed E-state index contributed by atoms with van der Waals surface area (Å²) >= 11 is 0. The van der Waals surface area contributed by atoms with Crippen LogP contribution in [-0.4, -0.2) is 35.7 Å². The molecule has 60 heavy (non-hydrogen) atoms. The highest BCUT2D eigenvalue weighted by atomic mass is 16.7. The number of hydrogen-bond acceptors (Lipinski definition) is 6. The number of carbonyl (C=O) groups is 1. The number of carbonyl (C=O) groups excluding carboxylic acids is 1. The number of urea groups is 1. The Hall–Kier alpha value is -6.29. The second kappa shape index (κ2) is 18.7. The smallest absolute Gasteiger partial charge is 0.319 e. The minimum absolute atomic E-state index is 0.00755. The lowest BCUT2D eigenvalue weighted by atomic mass is 9.89. The van der Waals surface area contributed by atoms with Crippen LogP contribution in [0.15, 0.2) is 170 Å². The number of likely N-dealkylation sites (N-methyl/N-ethyl adjacent to an activating group) is 1. The quantitative estimate of drug-likeness (QED) is 0.108. The van der Waals surface area contributed by atoms with Gasteiger partial charge in [0.05, 0.1) is 18.8 Å². The molecule has 0 aliphatic carbocycles. The number of aliphatic hydroxyl groups excluding tert-OH is 1. The normalized spacial score (nSPS) is 18.2. The first kappa shape index (κ1) is 40.5. The van der Waals surface area contributed by atoms with Gasteiger partial charge in [0.25, 0.3) is 0 Å². The van der Waals surface area contributed by atoms with Crippen molar-refractivity contribution in [3.63, 3.8) is 0 Å². The molecule has 7 aromatic carbocycles. The molecule has 8 rings (SSSR count). The van der Waals surface area contributed by atoms with E-state index in [0.29, 0.717) is 24.5 Å². The van der Waals surface area contributed by atoms with E-state index in [1.54, 1.807) is 0 Å². The minimum atomic E-state index is -0.591. The van der Waals surface area contributed by atoms with Crippen molar-refractivity contribution in [2.24, 2.45) is 5.92 Å². The molecule has 0 aromatic heterocycles. The van der Waals surface area contributed by atoms with Gasteiger partial charge in [0.2, 0.25) is 0 Å². The van der Waals surface area contributed by atoms with E-state index in [9.17, 15) is 9.90 Å². The third-order valence-corrected chi connectivity index (χ3v) is 11.6. The van der Waals surface area contributed by atoms with E-state index < -0.39 is 6.29 Å². The second-order valence-electron chi connectivity index (χ2n) is 15.6. The molecule has 5 atom stereocenters. The third-order valence-electron chi connectivity index (χ3n) is 11.6. The molecule has 0 unspecified atom stereocenters. The van der Waals surface area contributed by atoms with Crippen molar-refractivity contribution in [2.45, 2.75) is 51.5 Å². The van der Waals surface area contributed by atoms with Crippen LogP contribution in [0.25, 0.3) is 21.9 Å². The van der Waals surface area contributed by atoms with Crippen molar-refractivity contribution in [1.82, 2.24) is 10.2 Å². The Morgan fingerprint density at radius 3 is 2.15 bits per heavy atom. The average Bonchev–Trinajstić information content (AvgIpc) is 3.29. The van der Waals surface area contributed by atoms with Gasteiger partial charge in [-0.2, -0.15) is 0 Å². The lowest BCUT2D eigenvalue weighted by Gasteiger charge is -2.43. The van der Waals surface area contributed by atoms with E-state index in [0.717, 1.165) is 39.1 Å². The number of benzene rings is 7. The maximum absolute atomic E-state index is 13.0. The van der Waals surface area contributed by atoms with Gasteiger partial charge in [-0.25, -0.2) is 4.79 Å². The molecule has 0 saturated carbocycles. The fraction of sp³-hybridized carbons (Fsp3) is 0.212. The van der Waals surface area contributed by atoms with Crippen molar-refractivity contribution in [2.75, 3.05) is 18.9 Å². The number of hydrogen-bond donors (Lipinski definition) is 3. The lowest BCUT2D eigenvalue weighted by molar-refractivity contribution is -0.276. The number of amides is 2. The van der Waals surface area contributed by atoms with Gasteiger partial charge in [0.15, 0.2) is 6.29 Å². The molecule has 1 aliphatic heterocycles. The van der Waals surface area contributed by atoms with Crippen molar-refractivity contribution < 1.29 is 24.1 Å². The Bertz CT molecular complexity index is 2490. The Kier molecular flexibility index (Phi) is 12.6. The van der Waals surface area contributed by atoms with E-state index in [2.05, 4.69) is 121 Å². The van der Waals surface area contributed by atoms with Crippen LogP contribution in [0.5, 0.6) is 11.5 Å². The molecule has 1 heterocycles. The molecule has 0 radical (unpaired) electrons. The summed E-state index contributed by atoms with van der Waals surface area (Å²) in [6.07, 6.45) is -0.937. The summed E-state index contributed by atoms with van der Waals surface area (Å²) in [5.74, 6) is 1.49. The average molecular weight is 798 g/mol. The Morgan fingerprint density at radius 1 is 0.733 bits per heavy atom. The van der Waals surface area contributed by atoms with Crippen LogP contribution in [0, 0.1) is 5.92 Å². The molecular weight excluding hydrogens is 747 g/mol. The van der Waals surface area contributed by atoms with Crippen LogP contribution < -0.4 is 15.4 Å². The van der Waals surface area contributed by atoms with Gasteiger partial charge in [0, 0.05) is 36.3 Å². The van der Waals surface area contributed by atoms with Crippen LogP contribution >= 0.6 is 0 Å². The summed E-state index contributed by atoms with van der Waals surface area (Å²) in [6.45, 7) is 5.49. The summed E-state index contributed by atoms with van der Waals surface area (Å²) in [5, 5.41) is 18.1. The standard InChI is InChI=1S/C52H51N3O5/c1-35-49(33-55(3)36(2)42-26-21-38-11-7-8-12-43(38)31-42)59-51(60-50(35)40-19-17-37(34-56)18-20-40)41-24-22-39(23-25-41)48-16-10-9-13-44(48)32-53-52(57)54-45-27-29-47(30-28-45)58-46-14-5-4-6-15-46/h4-31,35-36,49-51,56H,32-34H2,1-3H3,(H2,53,54,57)/t35-,36-,49+,50+,51+/m1/s1. The highest BCUT2D eigenvalue weighted by Gasteiger charge is 2.39. The van der Waals surface area contributed by atoms with Crippen LogP contribution in [0.4, 0.5) is 10.5 Å². The van der Waals surface area contributed by atoms with Crippen LogP contribution in [0.3, 0.4) is 0 Å². The van der Waals surface area contributed by atoms with Gasteiger partial charge in [-0.15, -0.1) is 0 Å². The molecule has 0 spiro atoms. The number of para-hydroxylation sites is 1. The summed E-state index contributed by atoms with van der Waals surface area (Å²) in [7, 11) is 2.16. The van der Waals surface area contributed by atoms with Gasteiger partial charge in [0.1, 0.15) is 11.5 Å². The Labute approximate surface area is 352 Å². The molecule has 1 saturated heterocycles. The first-order chi connectivity index (χ1) is 29.3. The van der Waals surface area contributed by atoms with Gasteiger partial charge in [-0.3, -0.25) is 4.90 Å². The summed E-state index contributed by atoms with van der Waals surface area (Å²) in [4.78, 5) is 15.3. The maximum Gasteiger partial charge on any atom is 0.319 e. The highest BCUT2D eigenvalue weighted by molar-refractivity contribution is 5.89. The van der Waals surface area contributed by atoms with Crippen molar-refractivity contribution >= 4 is 22.5 Å². The third kappa shape index (κ3) is 9.60. The second-order valence-corrected chi connectivity index (χ2v) is 15.6. The zero-order valence-electron chi connectivity index (χ0n) is 34.2. The molecule has 3 N–H and O–H groups in total. The van der Waals surface area contributed by atoms with E-state index in [1.165, 1.54) is 16.3 Å². The van der Waals surface area contributed by atoms with E-state index in [4.69, 9.17) is 14.2 Å². The molecule has 7 aromatic rings. The Balaban J connectivity index is 0.950. The first-order valence-corrected chi connectivity index (χ1v) is 20.6. The SMILES string of the molecule is C[C@@H]1[C@H](CN(C)[C@H](C)c2ccc3ccccc3c2)O[C@H](c2ccc(-c3ccccc3CNC(=O)Nc3ccc(Oc4ccccc4)cc3)cc2)O[C@@H]1c1ccc(CO)cc1. The highest BCUT2D eigenvalue weighted by Crippen LogP contribution is 2.43. The number of nitrogens with zero attached hydrogens (tertiary/aromatic N) is 1. The molecule has 8 heteroatoms. The molecule has 1 aliphatic rings. The maximum atomic E-state index is 13.0. The molecule has 8 nitrogen and oxygen atoms in total. The van der Waals surface area contributed by atoms with Crippen molar-refractivity contribution in [3.05, 3.63) is 198 Å². The molecular formula is C52H51N3O5. The number of fused-ring (bicyclic) bond motifs is 1. The van der Waals surface area contributed by atoms with Gasteiger partial charge in [-0.1, -0.05) is 134 Å². The number of nitrogens with one attached hydrogen (secondary N) is 2. The zero-order chi connectivity index (χ0) is 41.4. The minimum Gasteiger partial charge on any atom is -0.457 e. The van der Waals surface area contributed by atoms with E-state index >= 15 is 0 Å². The van der Waals surface area contributed by atoms with Gasteiger partial charge < -0.3 is 30.0 Å². The van der Waals surface area contributed by atoms with Crippen LogP contribution in [0.2, 0.25) is 0 Å². The Morgan fingerprint density at radius 2 is 1.40 bits per heavy atom. The summed E-state index contributed by atoms with van der Waals surface area (Å²) in [5.41, 5.74) is 7.79. The zero-order valence-corrected chi connectivity index (χ0v) is 34.2. The predicted octanol–water partition coefficient (Wildman–Crippen LogP) is 11.6. The monoisotopic (exact) mass is 797 g/mol. The first-order valence-electron chi connectivity index (χ1n) is 20.6. The van der Waals surface area contributed by atoms with Crippen molar-refractivity contribution in [3.8, 4) is 22.6 Å². The van der Waals surface area contributed by atoms with E-state index in [1.807, 2.05) is 84.9 Å². The van der Waals surface area contributed by atoms with E-state index in [-0.39, 0.29) is 36.8 Å². The topological polar surface area (TPSA) is 92.3 Å². The largest absolute Gasteiger partial charge is 0.457 e. The van der Waals surface area contributed by atoms with Crippen LogP contribution in [0.1, 0.15) is 60.1 Å². The number of ether oxygens (including phenoxy) is 3. The fourth-order valence-corrected chi connectivity index (χ4v) is 7.85. The molecule has 0 bridgehead atoms. The van der Waals surface area contributed by atoms with Crippen LogP contribution in [-0.2, 0) is 22.6 Å².